The summed E-state index contributed by atoms with van der Waals surface area (Å²) >= 11 is 0. The first-order valence-electron chi connectivity index (χ1n) is 9.86. The number of halogens is 1. The van der Waals surface area contributed by atoms with Crippen molar-refractivity contribution in [3.63, 3.8) is 0 Å². The third kappa shape index (κ3) is 5.70. The highest BCUT2D eigenvalue weighted by Crippen LogP contribution is 2.25. The van der Waals surface area contributed by atoms with Crippen LogP contribution in [0.25, 0.3) is 0 Å². The van der Waals surface area contributed by atoms with Crippen molar-refractivity contribution in [2.75, 3.05) is 52.3 Å². The highest BCUT2D eigenvalue weighted by molar-refractivity contribution is 5.91. The van der Waals surface area contributed by atoms with E-state index in [0.29, 0.717) is 43.4 Å². The number of nitrogens with one attached hydrogen (secondary N) is 2. The molecule has 2 aromatic carbocycles. The average molecular weight is 416 g/mol. The quantitative estimate of drug-likeness (QED) is 0.699. The zero-order valence-electron chi connectivity index (χ0n) is 17.2. The summed E-state index contributed by atoms with van der Waals surface area (Å²) in [6, 6.07) is 11.2. The molecule has 2 aromatic rings. The maximum absolute atomic E-state index is 13.2. The molecule has 0 atom stereocenters. The molecular weight excluding hydrogens is 389 g/mol. The number of hydrogen-bond donors (Lipinski definition) is 2. The fourth-order valence-corrected chi connectivity index (χ4v) is 3.52. The van der Waals surface area contributed by atoms with Gasteiger partial charge in [-0.25, -0.2) is 4.39 Å². The molecule has 1 fully saturated rings. The third-order valence-electron chi connectivity index (χ3n) is 5.18. The van der Waals surface area contributed by atoms with Gasteiger partial charge >= 0.3 is 0 Å². The molecule has 0 saturated carbocycles. The number of carbonyl (C=O) groups is 2. The van der Waals surface area contributed by atoms with E-state index in [4.69, 9.17) is 9.47 Å². The van der Waals surface area contributed by atoms with Gasteiger partial charge in [-0.1, -0.05) is 12.1 Å². The number of rotatable bonds is 7. The van der Waals surface area contributed by atoms with Crippen molar-refractivity contribution in [3.8, 4) is 11.5 Å². The Bertz CT molecular complexity index is 898. The van der Waals surface area contributed by atoms with E-state index in [1.807, 2.05) is 17.0 Å². The lowest BCUT2D eigenvalue weighted by Crippen LogP contribution is -3.15. The molecule has 8 heteroatoms. The Morgan fingerprint density at radius 2 is 1.87 bits per heavy atom. The van der Waals surface area contributed by atoms with Crippen LogP contribution in [-0.2, 0) is 16.0 Å². The van der Waals surface area contributed by atoms with Crippen LogP contribution in [0.4, 0.5) is 10.1 Å². The van der Waals surface area contributed by atoms with Gasteiger partial charge in [0.05, 0.1) is 46.8 Å². The van der Waals surface area contributed by atoms with Gasteiger partial charge < -0.3 is 24.6 Å². The van der Waals surface area contributed by atoms with Crippen molar-refractivity contribution in [2.45, 2.75) is 6.42 Å². The summed E-state index contributed by atoms with van der Waals surface area (Å²) < 4.78 is 23.8. The first-order valence-corrected chi connectivity index (χ1v) is 9.86. The molecule has 1 aliphatic heterocycles. The van der Waals surface area contributed by atoms with Crippen LogP contribution in [0, 0.1) is 5.82 Å². The fourth-order valence-electron chi connectivity index (χ4n) is 3.52. The molecule has 160 valence electrons. The number of nitrogens with zero attached hydrogens (tertiary/aromatic N) is 1. The Balaban J connectivity index is 1.48. The van der Waals surface area contributed by atoms with Gasteiger partial charge in [0.2, 0.25) is 5.91 Å². The third-order valence-corrected chi connectivity index (χ3v) is 5.18. The van der Waals surface area contributed by atoms with Crippen molar-refractivity contribution in [2.24, 2.45) is 0 Å². The van der Waals surface area contributed by atoms with Crippen molar-refractivity contribution in [3.05, 3.63) is 53.8 Å². The molecule has 30 heavy (non-hydrogen) atoms. The van der Waals surface area contributed by atoms with Gasteiger partial charge in [0, 0.05) is 17.3 Å². The molecule has 0 aliphatic carbocycles. The first kappa shape index (κ1) is 21.6. The molecule has 0 radical (unpaired) electrons. The smallest absolute Gasteiger partial charge is 0.279 e. The van der Waals surface area contributed by atoms with E-state index in [2.05, 4.69) is 5.32 Å². The predicted molar refractivity (Wildman–Crippen MR) is 110 cm³/mol. The second-order valence-corrected chi connectivity index (χ2v) is 7.22. The molecule has 0 unspecified atom stereocenters. The number of methoxy groups -OCH3 is 2. The maximum Gasteiger partial charge on any atom is 0.279 e. The molecular formula is C22H27FN3O4+. The minimum Gasteiger partial charge on any atom is -0.497 e. The normalized spacial score (nSPS) is 14.3. The van der Waals surface area contributed by atoms with E-state index in [1.54, 1.807) is 32.4 Å². The molecule has 0 bridgehead atoms. The number of anilines is 1. The van der Waals surface area contributed by atoms with Crippen LogP contribution in [0.5, 0.6) is 11.5 Å². The van der Waals surface area contributed by atoms with Crippen LogP contribution >= 0.6 is 0 Å². The van der Waals surface area contributed by atoms with Crippen molar-refractivity contribution < 1.29 is 28.4 Å². The number of hydrogen-bond acceptors (Lipinski definition) is 4. The largest absolute Gasteiger partial charge is 0.497 e. The number of ether oxygens (including phenoxy) is 2. The molecule has 1 aliphatic rings. The van der Waals surface area contributed by atoms with Crippen LogP contribution in [0.15, 0.2) is 42.5 Å². The van der Waals surface area contributed by atoms with Gasteiger partial charge in [0.25, 0.3) is 5.91 Å². The second-order valence-electron chi connectivity index (χ2n) is 7.22. The van der Waals surface area contributed by atoms with Gasteiger partial charge in [0.1, 0.15) is 17.3 Å². The summed E-state index contributed by atoms with van der Waals surface area (Å²) in [7, 11) is 3.15. The van der Waals surface area contributed by atoms with Crippen molar-refractivity contribution in [1.29, 1.82) is 0 Å². The number of amides is 2. The van der Waals surface area contributed by atoms with Crippen LogP contribution in [0.1, 0.15) is 5.56 Å². The number of piperazine rings is 1. The molecule has 7 nitrogen and oxygen atoms in total. The minimum absolute atomic E-state index is 0.0294. The summed E-state index contributed by atoms with van der Waals surface area (Å²) in [6.45, 7) is 2.81. The summed E-state index contributed by atoms with van der Waals surface area (Å²) in [6.07, 6.45) is 0.253. The van der Waals surface area contributed by atoms with Crippen LogP contribution < -0.4 is 19.7 Å². The highest BCUT2D eigenvalue weighted by atomic mass is 19.1. The SMILES string of the molecule is COc1ccc(CC(=O)N2CC[NH+](CC(=O)Nc3cccc(F)c3)CC2)c(OC)c1. The van der Waals surface area contributed by atoms with Gasteiger partial charge in [-0.05, 0) is 24.3 Å². The minimum atomic E-state index is -0.388. The van der Waals surface area contributed by atoms with Crippen LogP contribution in [-0.4, -0.2) is 63.7 Å². The van der Waals surface area contributed by atoms with E-state index < -0.39 is 0 Å². The monoisotopic (exact) mass is 416 g/mol. The Morgan fingerprint density at radius 3 is 2.53 bits per heavy atom. The fraction of sp³-hybridized carbons (Fsp3) is 0.364. The van der Waals surface area contributed by atoms with E-state index in [0.717, 1.165) is 10.5 Å². The molecule has 2 amide bonds. The van der Waals surface area contributed by atoms with Gasteiger partial charge in [-0.2, -0.15) is 0 Å². The van der Waals surface area contributed by atoms with Gasteiger partial charge in [0.15, 0.2) is 6.54 Å². The number of benzene rings is 2. The number of quaternary nitrogens is 1. The first-order chi connectivity index (χ1) is 14.5. The van der Waals surface area contributed by atoms with Crippen molar-refractivity contribution in [1.82, 2.24) is 4.90 Å². The lowest BCUT2D eigenvalue weighted by atomic mass is 10.1. The molecule has 0 aromatic heterocycles. The zero-order valence-corrected chi connectivity index (χ0v) is 17.2. The standard InChI is InChI=1S/C22H26FN3O4/c1-29-19-7-6-16(20(14-19)30-2)12-22(28)26-10-8-25(9-11-26)15-21(27)24-18-5-3-4-17(23)13-18/h3-7,13-14H,8-12,15H2,1-2H3,(H,24,27)/p+1. The van der Waals surface area contributed by atoms with Crippen molar-refractivity contribution >= 4 is 17.5 Å². The maximum atomic E-state index is 13.2. The second kappa shape index (κ2) is 10.1. The van der Waals surface area contributed by atoms with E-state index in [9.17, 15) is 14.0 Å². The molecule has 2 N–H and O–H groups in total. The Labute approximate surface area is 175 Å². The van der Waals surface area contributed by atoms with E-state index in [-0.39, 0.29) is 30.6 Å². The van der Waals surface area contributed by atoms with E-state index >= 15 is 0 Å². The Morgan fingerprint density at radius 1 is 1.10 bits per heavy atom. The average Bonchev–Trinajstić information content (AvgIpc) is 2.74. The lowest BCUT2D eigenvalue weighted by Gasteiger charge is -2.32. The summed E-state index contributed by atoms with van der Waals surface area (Å²) in [5.41, 5.74) is 1.26. The molecule has 3 rings (SSSR count). The predicted octanol–water partition coefficient (Wildman–Crippen LogP) is 0.751. The zero-order chi connectivity index (χ0) is 21.5. The lowest BCUT2D eigenvalue weighted by molar-refractivity contribution is -0.895. The van der Waals surface area contributed by atoms with Crippen LogP contribution in [0.3, 0.4) is 0 Å². The molecule has 1 heterocycles. The van der Waals surface area contributed by atoms with Gasteiger partial charge in [-0.3, -0.25) is 9.59 Å². The number of carbonyl (C=O) groups excluding carboxylic acids is 2. The summed E-state index contributed by atoms with van der Waals surface area (Å²) in [5.74, 6) is 0.776. The van der Waals surface area contributed by atoms with E-state index in [1.165, 1.54) is 12.1 Å². The summed E-state index contributed by atoms with van der Waals surface area (Å²) in [5, 5.41) is 2.71. The van der Waals surface area contributed by atoms with Gasteiger partial charge in [-0.15, -0.1) is 0 Å². The topological polar surface area (TPSA) is 72.3 Å². The Hall–Kier alpha value is -3.13. The Kier molecular flexibility index (Phi) is 7.24. The van der Waals surface area contributed by atoms with Crippen LogP contribution in [0.2, 0.25) is 0 Å². The highest BCUT2D eigenvalue weighted by Gasteiger charge is 2.26. The molecule has 1 saturated heterocycles. The molecule has 0 spiro atoms. The summed E-state index contributed by atoms with van der Waals surface area (Å²) in [4.78, 5) is 27.8.